The molecule has 0 aliphatic carbocycles. The number of rotatable bonds is 2. The SMILES string of the molecule is Cc1noc(Cn2cnc(Cl)c(I)c2=O)n1. The summed E-state index contributed by atoms with van der Waals surface area (Å²) in [6.45, 7) is 1.90. The highest BCUT2D eigenvalue weighted by Crippen LogP contribution is 2.09. The number of hydrogen-bond donors (Lipinski definition) is 0. The maximum absolute atomic E-state index is 11.7. The van der Waals surface area contributed by atoms with Gasteiger partial charge in [-0.2, -0.15) is 4.98 Å². The van der Waals surface area contributed by atoms with Gasteiger partial charge in [0.2, 0.25) is 5.89 Å². The number of aryl methyl sites for hydroxylation is 1. The van der Waals surface area contributed by atoms with Gasteiger partial charge in [0.15, 0.2) is 5.82 Å². The van der Waals surface area contributed by atoms with E-state index in [0.29, 0.717) is 15.3 Å². The van der Waals surface area contributed by atoms with Crippen molar-refractivity contribution in [2.24, 2.45) is 0 Å². The molecule has 0 unspecified atom stereocenters. The van der Waals surface area contributed by atoms with Crippen LogP contribution in [-0.4, -0.2) is 19.7 Å². The first-order valence-corrected chi connectivity index (χ1v) is 5.73. The molecule has 0 spiro atoms. The average molecular weight is 353 g/mol. The summed E-state index contributed by atoms with van der Waals surface area (Å²) in [5, 5.41) is 3.83. The fourth-order valence-corrected chi connectivity index (χ4v) is 1.68. The zero-order valence-electron chi connectivity index (χ0n) is 8.15. The average Bonchev–Trinajstić information content (AvgIpc) is 2.65. The quantitative estimate of drug-likeness (QED) is 0.600. The number of halogens is 2. The number of nitrogens with zero attached hydrogens (tertiary/aromatic N) is 4. The molecule has 6 nitrogen and oxygen atoms in total. The van der Waals surface area contributed by atoms with Crippen LogP contribution in [0.1, 0.15) is 11.7 Å². The van der Waals surface area contributed by atoms with Crippen molar-refractivity contribution < 1.29 is 4.52 Å². The summed E-state index contributed by atoms with van der Waals surface area (Å²) >= 11 is 7.56. The zero-order valence-corrected chi connectivity index (χ0v) is 11.1. The first kappa shape index (κ1) is 11.5. The lowest BCUT2D eigenvalue weighted by molar-refractivity contribution is 0.365. The summed E-state index contributed by atoms with van der Waals surface area (Å²) in [6.07, 6.45) is 1.35. The number of hydrogen-bond acceptors (Lipinski definition) is 5. The van der Waals surface area contributed by atoms with Gasteiger partial charge in [0.05, 0.1) is 6.33 Å². The smallest absolute Gasteiger partial charge is 0.268 e. The maximum Gasteiger partial charge on any atom is 0.268 e. The second-order valence-electron chi connectivity index (χ2n) is 3.02. The fraction of sp³-hybridized carbons (Fsp3) is 0.250. The lowest BCUT2D eigenvalue weighted by Gasteiger charge is -2.02. The minimum Gasteiger partial charge on any atom is -0.337 e. The van der Waals surface area contributed by atoms with Gasteiger partial charge in [-0.1, -0.05) is 16.8 Å². The van der Waals surface area contributed by atoms with Gasteiger partial charge in [0.25, 0.3) is 5.56 Å². The molecule has 2 rings (SSSR count). The van der Waals surface area contributed by atoms with Gasteiger partial charge < -0.3 is 4.52 Å². The summed E-state index contributed by atoms with van der Waals surface area (Å²) in [4.78, 5) is 19.6. The molecule has 0 saturated carbocycles. The molecule has 0 bridgehead atoms. The van der Waals surface area contributed by atoms with Crippen molar-refractivity contribution in [1.29, 1.82) is 0 Å². The molecule has 2 aromatic heterocycles. The monoisotopic (exact) mass is 352 g/mol. The fourth-order valence-electron chi connectivity index (χ4n) is 1.11. The molecule has 0 atom stereocenters. The van der Waals surface area contributed by atoms with Crippen molar-refractivity contribution in [3.05, 3.63) is 37.1 Å². The minimum absolute atomic E-state index is 0.194. The topological polar surface area (TPSA) is 73.8 Å². The van der Waals surface area contributed by atoms with Gasteiger partial charge >= 0.3 is 0 Å². The summed E-state index contributed by atoms with van der Waals surface area (Å²) in [5.74, 6) is 0.888. The van der Waals surface area contributed by atoms with Crippen LogP contribution in [0.3, 0.4) is 0 Å². The Balaban J connectivity index is 2.36. The van der Waals surface area contributed by atoms with E-state index in [9.17, 15) is 4.79 Å². The van der Waals surface area contributed by atoms with Crippen LogP contribution >= 0.6 is 34.2 Å². The maximum atomic E-state index is 11.7. The van der Waals surface area contributed by atoms with Crippen molar-refractivity contribution in [2.75, 3.05) is 0 Å². The van der Waals surface area contributed by atoms with E-state index in [1.54, 1.807) is 6.92 Å². The molecule has 0 amide bonds. The van der Waals surface area contributed by atoms with Crippen LogP contribution in [0.2, 0.25) is 5.15 Å². The normalized spacial score (nSPS) is 10.7. The number of aromatic nitrogens is 4. The molecule has 0 aliphatic rings. The molecular weight excluding hydrogens is 346 g/mol. The van der Waals surface area contributed by atoms with Crippen molar-refractivity contribution in [2.45, 2.75) is 13.5 Å². The van der Waals surface area contributed by atoms with E-state index in [0.717, 1.165) is 0 Å². The van der Waals surface area contributed by atoms with Crippen molar-refractivity contribution in [3.8, 4) is 0 Å². The van der Waals surface area contributed by atoms with E-state index in [4.69, 9.17) is 16.1 Å². The molecule has 84 valence electrons. The molecule has 0 saturated heterocycles. The van der Waals surface area contributed by atoms with Crippen molar-refractivity contribution in [3.63, 3.8) is 0 Å². The van der Waals surface area contributed by atoms with Crippen molar-refractivity contribution >= 4 is 34.2 Å². The highest BCUT2D eigenvalue weighted by molar-refractivity contribution is 14.1. The van der Waals surface area contributed by atoms with Gasteiger partial charge in [0, 0.05) is 0 Å². The Hall–Kier alpha value is -0.960. The third-order valence-corrected chi connectivity index (χ3v) is 3.39. The standard InChI is InChI=1S/C8H6ClIN4O2/c1-4-12-5(16-13-4)2-14-3-11-7(9)6(10)8(14)15/h3H,2H2,1H3. The first-order valence-electron chi connectivity index (χ1n) is 4.27. The zero-order chi connectivity index (χ0) is 11.7. The largest absolute Gasteiger partial charge is 0.337 e. The van der Waals surface area contributed by atoms with Crippen LogP contribution in [0.4, 0.5) is 0 Å². The van der Waals surface area contributed by atoms with E-state index in [1.807, 2.05) is 22.6 Å². The molecule has 0 fully saturated rings. The molecule has 2 heterocycles. The Morgan fingerprint density at radius 3 is 3.00 bits per heavy atom. The summed E-state index contributed by atoms with van der Waals surface area (Å²) in [5.41, 5.74) is -0.226. The van der Waals surface area contributed by atoms with Gasteiger partial charge in [-0.3, -0.25) is 9.36 Å². The predicted molar refractivity (Wildman–Crippen MR) is 64.4 cm³/mol. The third kappa shape index (κ3) is 2.24. The lowest BCUT2D eigenvalue weighted by Crippen LogP contribution is -2.23. The summed E-state index contributed by atoms with van der Waals surface area (Å²) in [7, 11) is 0. The molecule has 2 aromatic rings. The molecule has 0 N–H and O–H groups in total. The Morgan fingerprint density at radius 2 is 2.38 bits per heavy atom. The minimum atomic E-state index is -0.226. The summed E-state index contributed by atoms with van der Waals surface area (Å²) in [6, 6.07) is 0. The van der Waals surface area contributed by atoms with Crippen LogP contribution in [0, 0.1) is 10.5 Å². The molecule has 0 aromatic carbocycles. The Labute approximate surface area is 109 Å². The molecule has 8 heteroatoms. The van der Waals surface area contributed by atoms with E-state index >= 15 is 0 Å². The lowest BCUT2D eigenvalue weighted by atomic mass is 10.5. The van der Waals surface area contributed by atoms with Gasteiger partial charge in [-0.25, -0.2) is 4.98 Å². The van der Waals surface area contributed by atoms with Crippen molar-refractivity contribution in [1.82, 2.24) is 19.7 Å². The van der Waals surface area contributed by atoms with Gasteiger partial charge in [0.1, 0.15) is 15.3 Å². The Kier molecular flexibility index (Phi) is 3.24. The summed E-state index contributed by atoms with van der Waals surface area (Å²) < 4.78 is 6.64. The van der Waals surface area contributed by atoms with E-state index in [1.165, 1.54) is 10.9 Å². The molecule has 0 aliphatic heterocycles. The van der Waals surface area contributed by atoms with Gasteiger partial charge in [-0.15, -0.1) is 0 Å². The van der Waals surface area contributed by atoms with E-state index in [2.05, 4.69) is 15.1 Å². The van der Waals surface area contributed by atoms with Crippen LogP contribution in [-0.2, 0) is 6.54 Å². The molecule has 0 radical (unpaired) electrons. The van der Waals surface area contributed by atoms with E-state index < -0.39 is 0 Å². The van der Waals surface area contributed by atoms with Crippen LogP contribution in [0.15, 0.2) is 15.6 Å². The molecular formula is C8H6ClIN4O2. The van der Waals surface area contributed by atoms with Gasteiger partial charge in [-0.05, 0) is 29.5 Å². The predicted octanol–water partition coefficient (Wildman–Crippen LogP) is 1.24. The Bertz CT molecular complexity index is 580. The second-order valence-corrected chi connectivity index (χ2v) is 4.45. The van der Waals surface area contributed by atoms with Crippen LogP contribution in [0.5, 0.6) is 0 Å². The highest BCUT2D eigenvalue weighted by Gasteiger charge is 2.09. The molecule has 16 heavy (non-hydrogen) atoms. The van der Waals surface area contributed by atoms with Crippen LogP contribution < -0.4 is 5.56 Å². The highest BCUT2D eigenvalue weighted by atomic mass is 127. The van der Waals surface area contributed by atoms with Crippen LogP contribution in [0.25, 0.3) is 0 Å². The second kappa shape index (κ2) is 4.50. The Morgan fingerprint density at radius 1 is 1.62 bits per heavy atom. The first-order chi connectivity index (χ1) is 7.58. The third-order valence-electron chi connectivity index (χ3n) is 1.82. The van der Waals surface area contributed by atoms with E-state index in [-0.39, 0.29) is 17.3 Å².